The lowest BCUT2D eigenvalue weighted by Gasteiger charge is -2.44. The highest BCUT2D eigenvalue weighted by atomic mass is 28.3. The number of nitrogens with two attached hydrogens (primary N) is 2. The van der Waals surface area contributed by atoms with Gasteiger partial charge in [0.15, 0.2) is 0 Å². The summed E-state index contributed by atoms with van der Waals surface area (Å²) < 4.78 is 5.55. The molecule has 1 unspecified atom stereocenters. The molecule has 0 bridgehead atoms. The van der Waals surface area contributed by atoms with Crippen LogP contribution >= 0.6 is 0 Å². The summed E-state index contributed by atoms with van der Waals surface area (Å²) in [6.07, 6.45) is 3.36. The molecule has 4 heteroatoms. The van der Waals surface area contributed by atoms with Crippen molar-refractivity contribution in [3.63, 3.8) is 0 Å². The van der Waals surface area contributed by atoms with E-state index in [9.17, 15) is 0 Å². The number of methoxy groups -OCH3 is 1. The summed E-state index contributed by atoms with van der Waals surface area (Å²) in [5.74, 6) is 0.990. The van der Waals surface area contributed by atoms with Crippen LogP contribution in [0.15, 0.2) is 24.3 Å². The molecular weight excluding hydrogens is 252 g/mol. The normalized spacial score (nSPS) is 28.2. The largest absolute Gasteiger partial charge is 0.497 e. The van der Waals surface area contributed by atoms with E-state index in [0.29, 0.717) is 5.54 Å². The maximum Gasteiger partial charge on any atom is 0.118 e. The van der Waals surface area contributed by atoms with E-state index in [4.69, 9.17) is 16.2 Å². The van der Waals surface area contributed by atoms with Gasteiger partial charge in [-0.25, -0.2) is 0 Å². The maximum absolute atomic E-state index is 6.40. The van der Waals surface area contributed by atoms with Crippen LogP contribution in [0.25, 0.3) is 0 Å². The van der Waals surface area contributed by atoms with Gasteiger partial charge in [0, 0.05) is 12.1 Å². The minimum atomic E-state index is -1.75. The molecule has 1 aromatic carbocycles. The molecule has 0 saturated heterocycles. The number of hydrogen-bond donors (Lipinski definition) is 2. The summed E-state index contributed by atoms with van der Waals surface area (Å²) in [5, 5.41) is 1.34. The Morgan fingerprint density at radius 1 is 1.11 bits per heavy atom. The Bertz CT molecular complexity index is 426. The van der Waals surface area contributed by atoms with Gasteiger partial charge in [-0.3, -0.25) is 0 Å². The summed E-state index contributed by atoms with van der Waals surface area (Å²) >= 11 is 0. The SMILES string of the molecule is COc1ccccc1[Si](C)(C)C1[C@H](N)CCC[C@@H]1N. The second kappa shape index (κ2) is 5.65. The molecular formula is C15H26N2OSi. The summed E-state index contributed by atoms with van der Waals surface area (Å²) in [4.78, 5) is 0. The van der Waals surface area contributed by atoms with Crippen LogP contribution in [-0.2, 0) is 0 Å². The van der Waals surface area contributed by atoms with Crippen LogP contribution < -0.4 is 21.4 Å². The van der Waals surface area contributed by atoms with Crippen molar-refractivity contribution in [2.24, 2.45) is 11.5 Å². The Morgan fingerprint density at radius 2 is 1.68 bits per heavy atom. The quantitative estimate of drug-likeness (QED) is 0.829. The van der Waals surface area contributed by atoms with E-state index in [0.717, 1.165) is 25.0 Å². The van der Waals surface area contributed by atoms with Gasteiger partial charge in [0.25, 0.3) is 0 Å². The minimum absolute atomic E-state index is 0.232. The Balaban J connectivity index is 2.39. The third-order valence-corrected chi connectivity index (χ3v) is 8.96. The topological polar surface area (TPSA) is 61.3 Å². The molecule has 4 N–H and O–H groups in total. The highest BCUT2D eigenvalue weighted by Gasteiger charge is 2.43. The van der Waals surface area contributed by atoms with Crippen molar-refractivity contribution in [2.45, 2.75) is 50.0 Å². The van der Waals surface area contributed by atoms with Crippen molar-refractivity contribution in [3.05, 3.63) is 24.3 Å². The van der Waals surface area contributed by atoms with Gasteiger partial charge in [-0.05, 0) is 29.6 Å². The molecule has 3 atom stereocenters. The highest BCUT2D eigenvalue weighted by molar-refractivity contribution is 6.91. The van der Waals surface area contributed by atoms with Gasteiger partial charge >= 0.3 is 0 Å². The lowest BCUT2D eigenvalue weighted by atomic mass is 9.91. The first-order chi connectivity index (χ1) is 8.98. The van der Waals surface area contributed by atoms with Crippen LogP contribution in [0.3, 0.4) is 0 Å². The Labute approximate surface area is 117 Å². The molecule has 1 aromatic rings. The van der Waals surface area contributed by atoms with E-state index in [2.05, 4.69) is 25.2 Å². The molecule has 1 aliphatic carbocycles. The minimum Gasteiger partial charge on any atom is -0.497 e. The summed E-state index contributed by atoms with van der Waals surface area (Å²) in [5.41, 5.74) is 13.2. The molecule has 0 radical (unpaired) electrons. The first kappa shape index (κ1) is 14.6. The number of benzene rings is 1. The van der Waals surface area contributed by atoms with Gasteiger partial charge in [-0.1, -0.05) is 37.7 Å². The maximum atomic E-state index is 6.40. The van der Waals surface area contributed by atoms with Crippen molar-refractivity contribution in [1.82, 2.24) is 0 Å². The van der Waals surface area contributed by atoms with Gasteiger partial charge in [0.1, 0.15) is 5.75 Å². The van der Waals surface area contributed by atoms with Gasteiger partial charge < -0.3 is 16.2 Å². The molecule has 106 valence electrons. The predicted octanol–water partition coefficient (Wildman–Crippen LogP) is 1.82. The number of ether oxygens (including phenoxy) is 1. The van der Waals surface area contributed by atoms with E-state index >= 15 is 0 Å². The third kappa shape index (κ3) is 2.71. The van der Waals surface area contributed by atoms with Crippen molar-refractivity contribution in [2.75, 3.05) is 7.11 Å². The molecule has 2 rings (SSSR count). The zero-order chi connectivity index (χ0) is 14.0. The molecule has 0 aromatic heterocycles. The van der Waals surface area contributed by atoms with Crippen LogP contribution in [0.4, 0.5) is 0 Å². The van der Waals surface area contributed by atoms with Crippen LogP contribution in [0.2, 0.25) is 18.6 Å². The van der Waals surface area contributed by atoms with Gasteiger partial charge in [-0.2, -0.15) is 0 Å². The molecule has 0 heterocycles. The molecule has 1 fully saturated rings. The molecule has 1 saturated carbocycles. The second-order valence-electron chi connectivity index (χ2n) is 6.21. The van der Waals surface area contributed by atoms with Crippen molar-refractivity contribution in [1.29, 1.82) is 0 Å². The van der Waals surface area contributed by atoms with Gasteiger partial charge in [0.05, 0.1) is 15.2 Å². The van der Waals surface area contributed by atoms with E-state index in [1.54, 1.807) is 7.11 Å². The monoisotopic (exact) mass is 278 g/mol. The molecule has 19 heavy (non-hydrogen) atoms. The smallest absolute Gasteiger partial charge is 0.118 e. The fraction of sp³-hybridized carbons (Fsp3) is 0.600. The fourth-order valence-electron chi connectivity index (χ4n) is 3.69. The third-order valence-electron chi connectivity index (χ3n) is 4.63. The fourth-order valence-corrected chi connectivity index (χ4v) is 7.87. The number of para-hydroxylation sites is 1. The van der Waals surface area contributed by atoms with E-state index in [1.807, 2.05) is 12.1 Å². The van der Waals surface area contributed by atoms with Gasteiger partial charge in [-0.15, -0.1) is 0 Å². The zero-order valence-electron chi connectivity index (χ0n) is 12.2. The lowest BCUT2D eigenvalue weighted by Crippen LogP contribution is -2.59. The van der Waals surface area contributed by atoms with E-state index in [-0.39, 0.29) is 12.1 Å². The number of hydrogen-bond acceptors (Lipinski definition) is 3. The standard InChI is InChI=1S/C15H26N2OSi/c1-18-13-9-4-5-10-14(13)19(2,3)15-11(16)7-6-8-12(15)17/h4-5,9-12,15H,6-8,16-17H2,1-3H3/t11-,12+,15?. The first-order valence-electron chi connectivity index (χ1n) is 7.13. The number of rotatable bonds is 3. The molecule has 1 aliphatic rings. The van der Waals surface area contributed by atoms with Crippen molar-refractivity contribution >= 4 is 13.3 Å². The molecule has 0 aliphatic heterocycles. The summed E-state index contributed by atoms with van der Waals surface area (Å²) in [6, 6.07) is 8.81. The predicted molar refractivity (Wildman–Crippen MR) is 83.7 cm³/mol. The van der Waals surface area contributed by atoms with E-state index in [1.165, 1.54) is 5.19 Å². The molecule has 0 amide bonds. The Morgan fingerprint density at radius 3 is 2.26 bits per heavy atom. The van der Waals surface area contributed by atoms with Crippen LogP contribution in [0.1, 0.15) is 19.3 Å². The van der Waals surface area contributed by atoms with Crippen LogP contribution in [0, 0.1) is 0 Å². The van der Waals surface area contributed by atoms with Crippen molar-refractivity contribution < 1.29 is 4.74 Å². The zero-order valence-corrected chi connectivity index (χ0v) is 13.2. The summed E-state index contributed by atoms with van der Waals surface area (Å²) in [7, 11) is -0.00515. The average molecular weight is 278 g/mol. The summed E-state index contributed by atoms with van der Waals surface area (Å²) in [6.45, 7) is 4.75. The molecule has 0 spiro atoms. The van der Waals surface area contributed by atoms with Crippen molar-refractivity contribution in [3.8, 4) is 5.75 Å². The van der Waals surface area contributed by atoms with Crippen LogP contribution in [-0.4, -0.2) is 27.3 Å². The van der Waals surface area contributed by atoms with Crippen LogP contribution in [0.5, 0.6) is 5.75 Å². The van der Waals surface area contributed by atoms with E-state index < -0.39 is 8.07 Å². The highest BCUT2D eigenvalue weighted by Crippen LogP contribution is 2.36. The molecule has 3 nitrogen and oxygen atoms in total. The Hall–Kier alpha value is -0.843. The Kier molecular flexibility index (Phi) is 4.33. The van der Waals surface area contributed by atoms with Gasteiger partial charge in [0.2, 0.25) is 0 Å². The average Bonchev–Trinajstić information content (AvgIpc) is 2.38. The lowest BCUT2D eigenvalue weighted by molar-refractivity contribution is 0.383. The second-order valence-corrected chi connectivity index (χ2v) is 10.9. The first-order valence-corrected chi connectivity index (χ1v) is 10.2.